The first-order valence-electron chi connectivity index (χ1n) is 8.88. The van der Waals surface area contributed by atoms with E-state index in [1.165, 1.54) is 31.2 Å². The Balaban J connectivity index is 0.000000511. The van der Waals surface area contributed by atoms with Crippen LogP contribution in [-0.2, 0) is 6.42 Å². The number of unbranched alkanes of at least 4 members (excludes halogenated alkanes) is 2. The largest absolute Gasteiger partial charge is 0.454 e. The molecule has 0 radical (unpaired) electrons. The van der Waals surface area contributed by atoms with Crippen LogP contribution in [0.4, 0.5) is 0 Å². The lowest BCUT2D eigenvalue weighted by Crippen LogP contribution is -2.22. The van der Waals surface area contributed by atoms with Crippen molar-refractivity contribution in [2.24, 2.45) is 0 Å². The number of nitrogens with one attached hydrogen (secondary N) is 1. The molecule has 0 saturated heterocycles. The van der Waals surface area contributed by atoms with Gasteiger partial charge >= 0.3 is 0 Å². The van der Waals surface area contributed by atoms with Gasteiger partial charge in [0.1, 0.15) is 0 Å². The van der Waals surface area contributed by atoms with Crippen molar-refractivity contribution in [1.29, 1.82) is 0 Å². The smallest absolute Gasteiger partial charge is 0.231 e. The van der Waals surface area contributed by atoms with Crippen molar-refractivity contribution in [1.82, 2.24) is 5.32 Å². The van der Waals surface area contributed by atoms with E-state index in [1.54, 1.807) is 6.20 Å². The van der Waals surface area contributed by atoms with Crippen molar-refractivity contribution in [2.45, 2.75) is 72.8 Å². The van der Waals surface area contributed by atoms with E-state index in [2.05, 4.69) is 52.6 Å². The van der Waals surface area contributed by atoms with E-state index in [0.29, 0.717) is 12.8 Å². The zero-order valence-electron chi connectivity index (χ0n) is 15.7. The highest BCUT2D eigenvalue weighted by Crippen LogP contribution is 2.32. The van der Waals surface area contributed by atoms with Crippen LogP contribution in [0, 0.1) is 0 Å². The third-order valence-electron chi connectivity index (χ3n) is 3.09. The Kier molecular flexibility index (Phi) is 13.0. The molecule has 0 bridgehead atoms. The molecule has 1 unspecified atom stereocenters. The fraction of sp³-hybridized carbons (Fsp3) is 0.600. The van der Waals surface area contributed by atoms with E-state index in [-0.39, 0.29) is 0 Å². The van der Waals surface area contributed by atoms with E-state index in [0.717, 1.165) is 17.9 Å². The van der Waals surface area contributed by atoms with Crippen molar-refractivity contribution in [2.75, 3.05) is 6.79 Å². The van der Waals surface area contributed by atoms with Gasteiger partial charge in [-0.05, 0) is 37.2 Å². The first-order chi connectivity index (χ1) is 11.1. The minimum absolute atomic E-state index is 0.333. The molecule has 0 fully saturated rings. The molecule has 0 amide bonds. The molecular weight excluding hydrogens is 286 g/mol. The summed E-state index contributed by atoms with van der Waals surface area (Å²) in [4.78, 5) is 0. The number of hydrogen-bond donors (Lipinski definition) is 1. The fourth-order valence-corrected chi connectivity index (χ4v) is 2.04. The molecule has 1 aromatic rings. The molecule has 2 rings (SSSR count). The third-order valence-corrected chi connectivity index (χ3v) is 3.09. The van der Waals surface area contributed by atoms with Crippen LogP contribution in [0.2, 0.25) is 0 Å². The third kappa shape index (κ3) is 9.88. The first kappa shape index (κ1) is 21.4. The van der Waals surface area contributed by atoms with Crippen molar-refractivity contribution in [3.05, 3.63) is 36.5 Å². The Labute approximate surface area is 143 Å². The summed E-state index contributed by atoms with van der Waals surface area (Å²) in [5.74, 6) is 1.68. The fourth-order valence-electron chi connectivity index (χ4n) is 2.04. The molecule has 3 heteroatoms. The van der Waals surface area contributed by atoms with Gasteiger partial charge in [-0.15, -0.1) is 0 Å². The summed E-state index contributed by atoms with van der Waals surface area (Å²) in [5.41, 5.74) is 1.24. The quantitative estimate of drug-likeness (QED) is 0.730. The second-order valence-electron chi connectivity index (χ2n) is 5.72. The van der Waals surface area contributed by atoms with Gasteiger partial charge in [-0.25, -0.2) is 0 Å². The molecule has 0 saturated carbocycles. The summed E-state index contributed by atoms with van der Waals surface area (Å²) >= 11 is 0. The van der Waals surface area contributed by atoms with E-state index in [1.807, 2.05) is 12.1 Å². The number of rotatable bonds is 6. The van der Waals surface area contributed by atoms with Crippen LogP contribution in [0.1, 0.15) is 65.9 Å². The minimum Gasteiger partial charge on any atom is -0.454 e. The predicted octanol–water partition coefficient (Wildman–Crippen LogP) is 5.69. The highest BCUT2D eigenvalue weighted by Gasteiger charge is 2.13. The number of benzene rings is 1. The van der Waals surface area contributed by atoms with Gasteiger partial charge in [0, 0.05) is 6.04 Å². The van der Waals surface area contributed by atoms with Crippen LogP contribution in [0.5, 0.6) is 11.5 Å². The van der Waals surface area contributed by atoms with Gasteiger partial charge in [0.15, 0.2) is 11.5 Å². The van der Waals surface area contributed by atoms with Gasteiger partial charge in [0.05, 0.1) is 0 Å². The van der Waals surface area contributed by atoms with Gasteiger partial charge in [-0.1, -0.05) is 66.0 Å². The van der Waals surface area contributed by atoms with Gasteiger partial charge in [0.25, 0.3) is 0 Å². The van der Waals surface area contributed by atoms with Crippen LogP contribution >= 0.6 is 0 Å². The highest BCUT2D eigenvalue weighted by atomic mass is 16.7. The summed E-state index contributed by atoms with van der Waals surface area (Å²) in [6, 6.07) is 6.43. The van der Waals surface area contributed by atoms with Crippen LogP contribution in [0.25, 0.3) is 0 Å². The van der Waals surface area contributed by atoms with Gasteiger partial charge in [-0.3, -0.25) is 0 Å². The molecule has 0 aromatic heterocycles. The summed E-state index contributed by atoms with van der Waals surface area (Å²) in [6.45, 7) is 14.8. The summed E-state index contributed by atoms with van der Waals surface area (Å²) in [6.07, 6.45) is 7.99. The maximum atomic E-state index is 5.32. The summed E-state index contributed by atoms with van der Waals surface area (Å²) in [5, 5.41) is 3.15. The molecule has 132 valence electrons. The Hall–Kier alpha value is -1.64. The lowest BCUT2D eigenvalue weighted by molar-refractivity contribution is 0.174. The van der Waals surface area contributed by atoms with Crippen LogP contribution < -0.4 is 14.8 Å². The highest BCUT2D eigenvalue weighted by molar-refractivity contribution is 5.44. The second-order valence-corrected chi connectivity index (χ2v) is 5.72. The van der Waals surface area contributed by atoms with E-state index in [4.69, 9.17) is 9.47 Å². The first-order valence-corrected chi connectivity index (χ1v) is 8.88. The normalized spacial score (nSPS) is 12.2. The monoisotopic (exact) mass is 321 g/mol. The lowest BCUT2D eigenvalue weighted by atomic mass is 10.1. The maximum absolute atomic E-state index is 5.32. The molecule has 1 aliphatic heterocycles. The molecule has 1 aromatic carbocycles. The van der Waals surface area contributed by atoms with E-state index < -0.39 is 0 Å². The Morgan fingerprint density at radius 1 is 1.13 bits per heavy atom. The molecule has 0 spiro atoms. The van der Waals surface area contributed by atoms with E-state index >= 15 is 0 Å². The summed E-state index contributed by atoms with van der Waals surface area (Å²) < 4.78 is 10.6. The van der Waals surface area contributed by atoms with Crippen LogP contribution in [-0.4, -0.2) is 12.8 Å². The minimum atomic E-state index is 0.333. The molecule has 1 N–H and O–H groups in total. The molecular formula is C20H35NO2. The Bertz CT molecular complexity index is 416. The van der Waals surface area contributed by atoms with Crippen molar-refractivity contribution in [3.8, 4) is 11.5 Å². The van der Waals surface area contributed by atoms with E-state index in [9.17, 15) is 0 Å². The average molecular weight is 322 g/mol. The maximum Gasteiger partial charge on any atom is 0.231 e. The Morgan fingerprint density at radius 2 is 1.74 bits per heavy atom. The molecule has 1 aliphatic rings. The van der Waals surface area contributed by atoms with Crippen LogP contribution in [0.15, 0.2) is 31.0 Å². The predicted molar refractivity (Wildman–Crippen MR) is 100 cm³/mol. The number of hydrogen-bond acceptors (Lipinski definition) is 3. The molecule has 1 heterocycles. The molecule has 1 atom stereocenters. The molecule has 23 heavy (non-hydrogen) atoms. The SMILES string of the molecule is C=CNC(C)Cc1ccc2c(c1)OCO2.CCC.CCCCC. The summed E-state index contributed by atoms with van der Waals surface area (Å²) in [7, 11) is 0. The average Bonchev–Trinajstić information content (AvgIpc) is 2.97. The molecule has 3 nitrogen and oxygen atoms in total. The lowest BCUT2D eigenvalue weighted by Gasteiger charge is -2.11. The van der Waals surface area contributed by atoms with Crippen LogP contribution in [0.3, 0.4) is 0 Å². The van der Waals surface area contributed by atoms with Gasteiger partial charge in [-0.2, -0.15) is 0 Å². The van der Waals surface area contributed by atoms with Crippen molar-refractivity contribution < 1.29 is 9.47 Å². The Morgan fingerprint density at radius 3 is 2.26 bits per heavy atom. The topological polar surface area (TPSA) is 30.5 Å². The van der Waals surface area contributed by atoms with Crippen molar-refractivity contribution >= 4 is 0 Å². The number of ether oxygens (including phenoxy) is 2. The number of fused-ring (bicyclic) bond motifs is 1. The molecule has 0 aliphatic carbocycles. The van der Waals surface area contributed by atoms with Gasteiger partial charge < -0.3 is 14.8 Å². The second kappa shape index (κ2) is 14.0. The zero-order chi connectivity index (χ0) is 17.5. The van der Waals surface area contributed by atoms with Crippen molar-refractivity contribution in [3.63, 3.8) is 0 Å². The van der Waals surface area contributed by atoms with Gasteiger partial charge in [0.2, 0.25) is 6.79 Å². The zero-order valence-corrected chi connectivity index (χ0v) is 15.7. The standard InChI is InChI=1S/C12H15NO2.C5H12.C3H8/c1-3-13-9(2)6-10-4-5-11-12(7-10)15-8-14-11;1-3-5-4-2;1-3-2/h3-5,7,9,13H,1,6,8H2,2H3;3-5H2,1-2H3;3H2,1-2H3.